The average Bonchev–Trinajstić information content (AvgIpc) is 3.91. The molecule has 7 amide bonds. The minimum atomic E-state index is -1.36. The van der Waals surface area contributed by atoms with Crippen molar-refractivity contribution in [2.45, 2.75) is 51.6 Å². The fourth-order valence-corrected chi connectivity index (χ4v) is 8.01. The molecule has 1 aliphatic rings. The van der Waals surface area contributed by atoms with Crippen molar-refractivity contribution in [3.05, 3.63) is 112 Å². The average molecular weight is 994 g/mol. The molecule has 0 saturated heterocycles. The molecular formula is C50H59N9O11S. The smallest absolute Gasteiger partial charge is 0.311 e. The molecule has 0 bridgehead atoms. The van der Waals surface area contributed by atoms with E-state index in [-0.39, 0.29) is 77.3 Å². The summed E-state index contributed by atoms with van der Waals surface area (Å²) in [5.41, 5.74) is 4.16. The Kier molecular flexibility index (Phi) is 21.0. The third-order valence-corrected chi connectivity index (χ3v) is 12.1. The van der Waals surface area contributed by atoms with Crippen LogP contribution in [0.25, 0.3) is 0 Å². The van der Waals surface area contributed by atoms with Crippen LogP contribution >= 0.6 is 11.3 Å². The zero-order chi connectivity index (χ0) is 51.1. The van der Waals surface area contributed by atoms with Gasteiger partial charge in [0.1, 0.15) is 0 Å². The van der Waals surface area contributed by atoms with Crippen molar-refractivity contribution >= 4 is 70.5 Å². The number of benzene rings is 3. The number of fused-ring (bicyclic) bond motifs is 2. The van der Waals surface area contributed by atoms with Crippen LogP contribution in [0.1, 0.15) is 61.1 Å². The Hall–Kier alpha value is -7.67. The number of carbonyl (C=O) groups excluding carboxylic acids is 7. The van der Waals surface area contributed by atoms with Crippen LogP contribution in [0.2, 0.25) is 0 Å². The molecule has 20 nitrogen and oxygen atoms in total. The molecular weight excluding hydrogens is 935 g/mol. The fourth-order valence-electron chi connectivity index (χ4n) is 7.38. The van der Waals surface area contributed by atoms with E-state index in [2.05, 4.69) is 54.0 Å². The molecule has 0 saturated carbocycles. The van der Waals surface area contributed by atoms with Gasteiger partial charge in [0.2, 0.25) is 41.9 Å². The van der Waals surface area contributed by atoms with E-state index in [1.807, 2.05) is 72.8 Å². The summed E-state index contributed by atoms with van der Waals surface area (Å²) in [5.74, 6) is 2.49. The Labute approximate surface area is 415 Å². The van der Waals surface area contributed by atoms with Crippen molar-refractivity contribution in [2.24, 2.45) is 5.41 Å². The lowest BCUT2D eigenvalue weighted by Crippen LogP contribution is -2.56. The van der Waals surface area contributed by atoms with Crippen LogP contribution in [0.5, 0.6) is 0 Å². The number of nitrogens with zero attached hydrogens (tertiary/aromatic N) is 2. The second-order valence-corrected chi connectivity index (χ2v) is 17.4. The molecule has 3 aromatic carbocycles. The SMILES string of the molecule is CC(C)(C(=O)O)C(CCc1ccc(NCC(=O)NCCOCCOCCNC(=O)CNC(=O)CNC(=O)CNC(=O)CCC(=O)N2Cc3ccccc3C#Cc3ccccc32)cc1)(NC=O)c1cscn1. The summed E-state index contributed by atoms with van der Waals surface area (Å²) < 4.78 is 10.9. The number of hydrogen-bond donors (Lipinski definition) is 8. The Morgan fingerprint density at radius 2 is 1.30 bits per heavy atom. The predicted octanol–water partition coefficient (Wildman–Crippen LogP) is 1.58. The van der Waals surface area contributed by atoms with Crippen LogP contribution in [0.3, 0.4) is 0 Å². The van der Waals surface area contributed by atoms with Gasteiger partial charge in [0.25, 0.3) is 0 Å². The lowest BCUT2D eigenvalue weighted by Gasteiger charge is -2.43. The molecule has 1 unspecified atom stereocenters. The van der Waals surface area contributed by atoms with Gasteiger partial charge in [0, 0.05) is 48.1 Å². The number of amides is 7. The van der Waals surface area contributed by atoms with Crippen LogP contribution in [0, 0.1) is 17.3 Å². The van der Waals surface area contributed by atoms with E-state index in [9.17, 15) is 43.5 Å². The first kappa shape index (κ1) is 54.3. The standard InChI is InChI=1S/C50H59N9O11S/c1-49(2,48(67)68)50(58-33-60,41-32-71-34-57-41)20-19-35-11-15-39(16-12-35)53-27-43(62)51-21-23-69-25-26-70-24-22-52-44(63)28-55-46(65)30-56-45(64)29-54-42(61)17-18-47(66)59-31-38-9-4-3-7-36(38)13-14-37-8-5-6-10-40(37)59/h3-12,15-16,32-34,53H,17-31H2,1-2H3,(H,51,62)(H,52,63)(H,54,61)(H,55,65)(H,56,64)(H,58,60)(H,67,68). The normalized spacial score (nSPS) is 12.4. The maximum absolute atomic E-state index is 13.3. The number of carboxylic acid groups (broad SMARTS) is 1. The summed E-state index contributed by atoms with van der Waals surface area (Å²) in [6.07, 6.45) is 1.00. The van der Waals surface area contributed by atoms with Crippen LogP contribution in [0.4, 0.5) is 11.4 Å². The maximum Gasteiger partial charge on any atom is 0.311 e. The minimum absolute atomic E-state index is 0.0231. The van der Waals surface area contributed by atoms with E-state index in [1.165, 1.54) is 11.3 Å². The zero-order valence-corrected chi connectivity index (χ0v) is 40.4. The van der Waals surface area contributed by atoms with Crippen LogP contribution in [-0.4, -0.2) is 124 Å². The van der Waals surface area contributed by atoms with Gasteiger partial charge in [-0.3, -0.25) is 38.4 Å². The van der Waals surface area contributed by atoms with Crippen molar-refractivity contribution in [1.29, 1.82) is 0 Å². The van der Waals surface area contributed by atoms with Gasteiger partial charge < -0.3 is 56.7 Å². The van der Waals surface area contributed by atoms with Gasteiger partial charge in [-0.05, 0) is 68.1 Å². The number of carbonyl (C=O) groups is 8. The molecule has 4 aromatic rings. The Balaban J connectivity index is 0.843. The van der Waals surface area contributed by atoms with E-state index in [4.69, 9.17) is 9.47 Å². The minimum Gasteiger partial charge on any atom is -0.481 e. The Bertz CT molecular complexity index is 2550. The van der Waals surface area contributed by atoms with Gasteiger partial charge in [-0.15, -0.1) is 11.3 Å². The number of anilines is 2. The third-order valence-electron chi connectivity index (χ3n) is 11.6. The lowest BCUT2D eigenvalue weighted by atomic mass is 9.67. The van der Waals surface area contributed by atoms with Gasteiger partial charge in [-0.25, -0.2) is 4.98 Å². The molecule has 21 heteroatoms. The summed E-state index contributed by atoms with van der Waals surface area (Å²) in [7, 11) is 0. The van der Waals surface area contributed by atoms with Gasteiger partial charge in [-0.2, -0.15) is 0 Å². The summed E-state index contributed by atoms with van der Waals surface area (Å²) in [4.78, 5) is 105. The highest BCUT2D eigenvalue weighted by Gasteiger charge is 2.52. The second kappa shape index (κ2) is 27.5. The van der Waals surface area contributed by atoms with E-state index in [0.29, 0.717) is 48.4 Å². The number of para-hydroxylation sites is 1. The predicted molar refractivity (Wildman–Crippen MR) is 264 cm³/mol. The van der Waals surface area contributed by atoms with Crippen LogP contribution in [-0.2, 0) is 66.3 Å². The summed E-state index contributed by atoms with van der Waals surface area (Å²) in [5, 5.41) is 30.2. The number of nitrogens with one attached hydrogen (secondary N) is 7. The molecule has 1 atom stereocenters. The number of aryl methyl sites for hydroxylation is 1. The van der Waals surface area contributed by atoms with E-state index in [0.717, 1.165) is 16.7 Å². The quantitative estimate of drug-likeness (QED) is 0.0218. The molecule has 2 heterocycles. The first-order chi connectivity index (χ1) is 34.2. The molecule has 5 rings (SSSR count). The monoisotopic (exact) mass is 993 g/mol. The van der Waals surface area contributed by atoms with Crippen LogP contribution < -0.4 is 42.1 Å². The largest absolute Gasteiger partial charge is 0.481 e. The highest BCUT2D eigenvalue weighted by atomic mass is 32.1. The number of aromatic nitrogens is 1. The van der Waals surface area contributed by atoms with Crippen LogP contribution in [0.15, 0.2) is 83.7 Å². The topological polar surface area (TPSA) is 276 Å². The molecule has 0 fully saturated rings. The summed E-state index contributed by atoms with van der Waals surface area (Å²) >= 11 is 1.32. The number of hydrogen-bond acceptors (Lipinski definition) is 13. The Morgan fingerprint density at radius 1 is 0.718 bits per heavy atom. The highest BCUT2D eigenvalue weighted by molar-refractivity contribution is 7.07. The van der Waals surface area contributed by atoms with E-state index in [1.54, 1.807) is 29.6 Å². The summed E-state index contributed by atoms with van der Waals surface area (Å²) in [6.45, 7) is 3.68. The fraction of sp³-hybridized carbons (Fsp3) is 0.380. The van der Waals surface area contributed by atoms with Crippen molar-refractivity contribution in [2.75, 3.05) is 75.9 Å². The van der Waals surface area contributed by atoms with Gasteiger partial charge in [0.15, 0.2) is 0 Å². The molecule has 0 radical (unpaired) electrons. The molecule has 1 aromatic heterocycles. The number of rotatable bonds is 29. The van der Waals surface area contributed by atoms with Gasteiger partial charge >= 0.3 is 5.97 Å². The van der Waals surface area contributed by atoms with E-state index >= 15 is 0 Å². The van der Waals surface area contributed by atoms with Crippen molar-refractivity contribution in [1.82, 2.24) is 36.9 Å². The molecule has 376 valence electrons. The summed E-state index contributed by atoms with van der Waals surface area (Å²) in [6, 6.07) is 22.2. The highest BCUT2D eigenvalue weighted by Crippen LogP contribution is 2.43. The number of thiazole rings is 1. The molecule has 0 spiro atoms. The number of ether oxygens (including phenoxy) is 2. The van der Waals surface area contributed by atoms with Crippen molar-refractivity contribution in [3.63, 3.8) is 0 Å². The van der Waals surface area contributed by atoms with Crippen molar-refractivity contribution in [3.8, 4) is 11.8 Å². The molecule has 71 heavy (non-hydrogen) atoms. The lowest BCUT2D eigenvalue weighted by molar-refractivity contribution is -0.153. The van der Waals surface area contributed by atoms with E-state index < -0.39 is 53.6 Å². The number of aliphatic carboxylic acids is 1. The maximum atomic E-state index is 13.3. The van der Waals surface area contributed by atoms with Gasteiger partial charge in [-0.1, -0.05) is 54.3 Å². The van der Waals surface area contributed by atoms with Crippen molar-refractivity contribution < 1.29 is 52.9 Å². The second-order valence-electron chi connectivity index (χ2n) is 16.7. The number of carboxylic acids is 1. The van der Waals surface area contributed by atoms with Gasteiger partial charge in [0.05, 0.1) is 87.0 Å². The zero-order valence-electron chi connectivity index (χ0n) is 39.6. The molecule has 8 N–H and O–H groups in total. The third kappa shape index (κ3) is 16.5. The molecule has 0 aliphatic carbocycles. The Morgan fingerprint density at radius 3 is 1.92 bits per heavy atom. The first-order valence-electron chi connectivity index (χ1n) is 22.9. The first-order valence-corrected chi connectivity index (χ1v) is 23.8. The molecule has 1 aliphatic heterocycles.